The summed E-state index contributed by atoms with van der Waals surface area (Å²) in [5.74, 6) is 0.872. The summed E-state index contributed by atoms with van der Waals surface area (Å²) in [5, 5.41) is 16.0. The Kier molecular flexibility index (Phi) is 2.65. The number of thiophene rings is 1. The average molecular weight is 293 g/mol. The van der Waals surface area contributed by atoms with Crippen molar-refractivity contribution in [3.8, 4) is 9.88 Å². The summed E-state index contributed by atoms with van der Waals surface area (Å²) in [4.78, 5) is 1.83. The van der Waals surface area contributed by atoms with Gasteiger partial charge in [0.2, 0.25) is 4.96 Å². The third-order valence-corrected chi connectivity index (χ3v) is 5.04. The first kappa shape index (κ1) is 12.6. The average Bonchev–Trinajstić information content (AvgIpc) is 2.92. The molecule has 0 fully saturated rings. The van der Waals surface area contributed by atoms with Gasteiger partial charge in [0.1, 0.15) is 0 Å². The van der Waals surface area contributed by atoms with Crippen molar-refractivity contribution < 1.29 is 0 Å². The topological polar surface area (TPSA) is 69.1 Å². The third-order valence-electron chi connectivity index (χ3n) is 2.88. The van der Waals surface area contributed by atoms with Gasteiger partial charge in [0.25, 0.3) is 0 Å². The summed E-state index contributed by atoms with van der Waals surface area (Å²) in [7, 11) is 0. The number of hydrogen-bond acceptors (Lipinski definition) is 6. The number of aromatic nitrogens is 4. The summed E-state index contributed by atoms with van der Waals surface area (Å²) in [5.41, 5.74) is 7.91. The normalized spacial score (nSPS) is 12.4. The smallest absolute Gasteiger partial charge is 0.235 e. The first-order chi connectivity index (χ1) is 8.88. The number of fused-ring (bicyclic) bond motifs is 1. The molecule has 0 saturated heterocycles. The second-order valence-corrected chi connectivity index (χ2v) is 7.37. The van der Waals surface area contributed by atoms with Gasteiger partial charge in [0, 0.05) is 5.41 Å². The van der Waals surface area contributed by atoms with Crippen LogP contribution in [0, 0.1) is 6.92 Å². The van der Waals surface area contributed by atoms with E-state index in [1.165, 1.54) is 11.3 Å². The number of anilines is 1. The minimum absolute atomic E-state index is 0.0817. The lowest BCUT2D eigenvalue weighted by atomic mass is 9.96. The third kappa shape index (κ3) is 1.93. The highest BCUT2D eigenvalue weighted by molar-refractivity contribution is 7.24. The molecule has 5 nitrogen and oxygen atoms in total. The molecule has 19 heavy (non-hydrogen) atoms. The second kappa shape index (κ2) is 4.01. The SMILES string of the molecule is Cc1csc(-c2nn3c(C(C)(C)C)nnc3s2)c1N. The van der Waals surface area contributed by atoms with E-state index in [4.69, 9.17) is 5.73 Å². The van der Waals surface area contributed by atoms with Gasteiger partial charge in [-0.05, 0) is 17.9 Å². The van der Waals surface area contributed by atoms with Crippen molar-refractivity contribution in [2.45, 2.75) is 33.1 Å². The quantitative estimate of drug-likeness (QED) is 0.748. The van der Waals surface area contributed by atoms with Crippen LogP contribution in [-0.4, -0.2) is 19.8 Å². The number of nitrogens with two attached hydrogens (primary N) is 1. The van der Waals surface area contributed by atoms with Crippen LogP contribution in [0.25, 0.3) is 14.8 Å². The van der Waals surface area contributed by atoms with Crippen LogP contribution in [0.4, 0.5) is 5.69 Å². The number of nitrogens with zero attached hydrogens (tertiary/aromatic N) is 4. The lowest BCUT2D eigenvalue weighted by molar-refractivity contribution is 0.528. The van der Waals surface area contributed by atoms with Crippen LogP contribution >= 0.6 is 22.7 Å². The Labute approximate surface area is 119 Å². The van der Waals surface area contributed by atoms with Crippen LogP contribution in [-0.2, 0) is 5.41 Å². The Hall–Kier alpha value is -1.47. The van der Waals surface area contributed by atoms with Gasteiger partial charge in [-0.1, -0.05) is 32.1 Å². The molecule has 2 N–H and O–H groups in total. The van der Waals surface area contributed by atoms with Crippen molar-refractivity contribution >= 4 is 33.3 Å². The second-order valence-electron chi connectivity index (χ2n) is 5.54. The number of aryl methyl sites for hydroxylation is 1. The predicted octanol–water partition coefficient (Wildman–Crippen LogP) is 3.10. The van der Waals surface area contributed by atoms with Crippen LogP contribution in [0.2, 0.25) is 0 Å². The van der Waals surface area contributed by atoms with Gasteiger partial charge in [-0.2, -0.15) is 9.61 Å². The highest BCUT2D eigenvalue weighted by atomic mass is 32.1. The Morgan fingerprint density at radius 1 is 1.26 bits per heavy atom. The fourth-order valence-corrected chi connectivity index (χ4v) is 3.71. The molecule has 0 bridgehead atoms. The van der Waals surface area contributed by atoms with E-state index in [9.17, 15) is 0 Å². The Morgan fingerprint density at radius 3 is 2.58 bits per heavy atom. The van der Waals surface area contributed by atoms with Crippen molar-refractivity contribution in [2.75, 3.05) is 5.73 Å². The largest absolute Gasteiger partial charge is 0.397 e. The zero-order valence-electron chi connectivity index (χ0n) is 11.3. The molecule has 0 spiro atoms. The predicted molar refractivity (Wildman–Crippen MR) is 79.8 cm³/mol. The lowest BCUT2D eigenvalue weighted by Gasteiger charge is -2.13. The van der Waals surface area contributed by atoms with Crippen LogP contribution in [0.5, 0.6) is 0 Å². The first-order valence-corrected chi connectivity index (χ1v) is 7.64. The summed E-state index contributed by atoms with van der Waals surface area (Å²) in [6, 6.07) is 0. The minimum Gasteiger partial charge on any atom is -0.397 e. The highest BCUT2D eigenvalue weighted by Crippen LogP contribution is 2.37. The van der Waals surface area contributed by atoms with Gasteiger partial charge in [0.05, 0.1) is 10.6 Å². The van der Waals surface area contributed by atoms with Gasteiger partial charge in [-0.15, -0.1) is 21.5 Å². The van der Waals surface area contributed by atoms with Gasteiger partial charge in [-0.25, -0.2) is 0 Å². The Morgan fingerprint density at radius 2 is 2.00 bits per heavy atom. The fraction of sp³-hybridized carbons (Fsp3) is 0.417. The summed E-state index contributed by atoms with van der Waals surface area (Å²) in [6.07, 6.45) is 0. The molecule has 3 aromatic rings. The number of nitrogen functional groups attached to an aromatic ring is 1. The maximum Gasteiger partial charge on any atom is 0.235 e. The zero-order valence-corrected chi connectivity index (χ0v) is 12.9. The van der Waals surface area contributed by atoms with Crippen molar-refractivity contribution in [3.05, 3.63) is 16.8 Å². The molecule has 0 saturated carbocycles. The van der Waals surface area contributed by atoms with Gasteiger partial charge in [-0.3, -0.25) is 0 Å². The van der Waals surface area contributed by atoms with Crippen molar-refractivity contribution in [1.82, 2.24) is 19.8 Å². The van der Waals surface area contributed by atoms with Gasteiger partial charge < -0.3 is 5.73 Å². The highest BCUT2D eigenvalue weighted by Gasteiger charge is 2.24. The van der Waals surface area contributed by atoms with Gasteiger partial charge >= 0.3 is 0 Å². The molecular weight excluding hydrogens is 278 g/mol. The standard InChI is InChI=1S/C12H15N5S2/c1-6-5-18-8(7(6)13)9-16-17-10(12(2,3)4)14-15-11(17)19-9/h5H,13H2,1-4H3. The van der Waals surface area contributed by atoms with Crippen molar-refractivity contribution in [2.24, 2.45) is 0 Å². The van der Waals surface area contributed by atoms with Gasteiger partial charge in [0.15, 0.2) is 10.8 Å². The molecular formula is C12H15N5S2. The molecule has 3 rings (SSSR count). The van der Waals surface area contributed by atoms with E-state index in [0.717, 1.165) is 31.9 Å². The number of hydrogen-bond donors (Lipinski definition) is 1. The minimum atomic E-state index is -0.0817. The zero-order chi connectivity index (χ0) is 13.8. The van der Waals surface area contributed by atoms with E-state index in [1.807, 2.05) is 11.4 Å². The van der Waals surface area contributed by atoms with Crippen LogP contribution in [0.15, 0.2) is 5.38 Å². The van der Waals surface area contributed by atoms with Crippen molar-refractivity contribution in [3.63, 3.8) is 0 Å². The fourth-order valence-electron chi connectivity index (χ4n) is 1.80. The van der Waals surface area contributed by atoms with E-state index in [-0.39, 0.29) is 5.41 Å². The molecule has 100 valence electrons. The number of rotatable bonds is 1. The molecule has 3 heterocycles. The van der Waals surface area contributed by atoms with Crippen LogP contribution in [0.3, 0.4) is 0 Å². The van der Waals surface area contributed by atoms with E-state index in [1.54, 1.807) is 11.3 Å². The van der Waals surface area contributed by atoms with E-state index >= 15 is 0 Å². The lowest BCUT2D eigenvalue weighted by Crippen LogP contribution is -2.16. The molecule has 0 atom stereocenters. The summed E-state index contributed by atoms with van der Waals surface area (Å²) >= 11 is 3.15. The maximum atomic E-state index is 6.08. The summed E-state index contributed by atoms with van der Waals surface area (Å²) < 4.78 is 1.83. The van der Waals surface area contributed by atoms with Crippen LogP contribution < -0.4 is 5.73 Å². The monoisotopic (exact) mass is 293 g/mol. The molecule has 7 heteroatoms. The maximum absolute atomic E-state index is 6.08. The van der Waals surface area contributed by atoms with E-state index in [2.05, 4.69) is 41.4 Å². The summed E-state index contributed by atoms with van der Waals surface area (Å²) in [6.45, 7) is 8.32. The molecule has 0 aliphatic rings. The van der Waals surface area contributed by atoms with Crippen LogP contribution in [0.1, 0.15) is 32.2 Å². The Bertz CT molecular complexity index is 744. The molecule has 3 aromatic heterocycles. The Balaban J connectivity index is 2.18. The van der Waals surface area contributed by atoms with E-state index in [0.29, 0.717) is 0 Å². The van der Waals surface area contributed by atoms with E-state index < -0.39 is 0 Å². The molecule has 0 aliphatic heterocycles. The molecule has 0 radical (unpaired) electrons. The molecule has 0 aromatic carbocycles. The molecule has 0 amide bonds. The van der Waals surface area contributed by atoms with Crippen molar-refractivity contribution in [1.29, 1.82) is 0 Å². The first-order valence-electron chi connectivity index (χ1n) is 5.94. The molecule has 0 unspecified atom stereocenters. The molecule has 0 aliphatic carbocycles.